The Balaban J connectivity index is 2.13. The summed E-state index contributed by atoms with van der Waals surface area (Å²) in [6, 6.07) is 10.3. The predicted octanol–water partition coefficient (Wildman–Crippen LogP) is 3.95. The van der Waals surface area contributed by atoms with Gasteiger partial charge in [0, 0.05) is 23.9 Å². The molecule has 0 atom stereocenters. The number of hydrogen-bond acceptors (Lipinski definition) is 3. The number of imidazole rings is 1. The minimum atomic E-state index is 0.00664. The van der Waals surface area contributed by atoms with E-state index >= 15 is 0 Å². The Hall–Kier alpha value is -2.49. The first-order chi connectivity index (χ1) is 11.1. The third kappa shape index (κ3) is 2.89. The first-order valence-electron chi connectivity index (χ1n) is 7.89. The molecule has 23 heavy (non-hydrogen) atoms. The first-order valence-corrected chi connectivity index (χ1v) is 7.89. The van der Waals surface area contributed by atoms with E-state index in [1.54, 1.807) is 13.1 Å². The van der Waals surface area contributed by atoms with Gasteiger partial charge in [-0.3, -0.25) is 9.36 Å². The van der Waals surface area contributed by atoms with Gasteiger partial charge in [0.15, 0.2) is 11.4 Å². The van der Waals surface area contributed by atoms with E-state index in [2.05, 4.69) is 59.1 Å². The Bertz CT molecular complexity index is 847. The van der Waals surface area contributed by atoms with Crippen LogP contribution in [0.5, 0.6) is 0 Å². The number of ketones is 1. The van der Waals surface area contributed by atoms with Crippen molar-refractivity contribution in [3.05, 3.63) is 59.9 Å². The Morgan fingerprint density at radius 2 is 2.00 bits per heavy atom. The summed E-state index contributed by atoms with van der Waals surface area (Å²) in [5.41, 5.74) is 4.48. The molecular formula is C19H20N3O. The summed E-state index contributed by atoms with van der Waals surface area (Å²) in [6.45, 7) is 5.68. The molecule has 3 aromatic rings. The molecule has 0 aliphatic rings. The molecule has 2 heterocycles. The van der Waals surface area contributed by atoms with Gasteiger partial charge in [-0.15, -0.1) is 0 Å². The summed E-state index contributed by atoms with van der Waals surface area (Å²) in [6.07, 6.45) is 5.54. The van der Waals surface area contributed by atoms with Crippen LogP contribution in [-0.2, 0) is 12.8 Å². The first kappa shape index (κ1) is 15.4. The van der Waals surface area contributed by atoms with E-state index < -0.39 is 0 Å². The summed E-state index contributed by atoms with van der Waals surface area (Å²) in [4.78, 5) is 20.7. The third-order valence-corrected chi connectivity index (χ3v) is 3.92. The van der Waals surface area contributed by atoms with Gasteiger partial charge in [0.1, 0.15) is 11.3 Å². The molecule has 2 aromatic heterocycles. The van der Waals surface area contributed by atoms with Crippen LogP contribution in [0.4, 0.5) is 0 Å². The van der Waals surface area contributed by atoms with Gasteiger partial charge in [-0.2, -0.15) is 0 Å². The maximum Gasteiger partial charge on any atom is 0.164 e. The molecule has 117 valence electrons. The number of aromatic nitrogens is 3. The summed E-state index contributed by atoms with van der Waals surface area (Å²) < 4.78 is 2.07. The quantitative estimate of drug-likeness (QED) is 0.671. The number of fused-ring (bicyclic) bond motifs is 1. The van der Waals surface area contributed by atoms with Gasteiger partial charge in [0.2, 0.25) is 0 Å². The SMILES string of the molecule is C[CH]Cc1ccc(-n2c(CC)nc3cc(C(C)=O)cnc32)cc1. The van der Waals surface area contributed by atoms with Crippen LogP contribution in [0.1, 0.15) is 42.5 Å². The lowest BCUT2D eigenvalue weighted by atomic mass is 10.1. The Morgan fingerprint density at radius 3 is 2.61 bits per heavy atom. The molecule has 0 saturated heterocycles. The molecule has 0 aliphatic heterocycles. The van der Waals surface area contributed by atoms with Crippen molar-refractivity contribution in [3.8, 4) is 5.69 Å². The Kier molecular flexibility index (Phi) is 4.24. The van der Waals surface area contributed by atoms with Crippen LogP contribution < -0.4 is 0 Å². The van der Waals surface area contributed by atoms with E-state index in [0.717, 1.165) is 35.5 Å². The number of aryl methyl sites for hydroxylation is 1. The van der Waals surface area contributed by atoms with Gasteiger partial charge < -0.3 is 0 Å². The average molecular weight is 306 g/mol. The maximum atomic E-state index is 11.5. The summed E-state index contributed by atoms with van der Waals surface area (Å²) >= 11 is 0. The molecule has 0 saturated carbocycles. The molecule has 4 heteroatoms. The standard InChI is InChI=1S/C19H20N3O/c1-4-6-14-7-9-16(10-8-14)22-18(5-2)21-17-11-15(13(3)23)12-20-19(17)22/h4,7-12H,5-6H2,1-3H3. The maximum absolute atomic E-state index is 11.5. The topological polar surface area (TPSA) is 47.8 Å². The Morgan fingerprint density at radius 1 is 1.26 bits per heavy atom. The van der Waals surface area contributed by atoms with Crippen molar-refractivity contribution in [1.82, 2.24) is 14.5 Å². The molecule has 0 spiro atoms. The number of Topliss-reactive ketones (excluding diaryl/α,β-unsaturated/α-hetero) is 1. The summed E-state index contributed by atoms with van der Waals surface area (Å²) in [7, 11) is 0. The van der Waals surface area contributed by atoms with Crippen molar-refractivity contribution in [2.75, 3.05) is 0 Å². The molecule has 1 radical (unpaired) electrons. The summed E-state index contributed by atoms with van der Waals surface area (Å²) in [5.74, 6) is 0.954. The zero-order chi connectivity index (χ0) is 16.4. The van der Waals surface area contributed by atoms with Crippen LogP contribution in [0.2, 0.25) is 0 Å². The zero-order valence-corrected chi connectivity index (χ0v) is 13.7. The van der Waals surface area contributed by atoms with Crippen molar-refractivity contribution in [1.29, 1.82) is 0 Å². The second kappa shape index (κ2) is 6.32. The lowest BCUT2D eigenvalue weighted by Gasteiger charge is -2.08. The predicted molar refractivity (Wildman–Crippen MR) is 91.9 cm³/mol. The highest BCUT2D eigenvalue weighted by molar-refractivity contribution is 5.96. The molecule has 3 rings (SSSR count). The molecule has 1 aromatic carbocycles. The lowest BCUT2D eigenvalue weighted by molar-refractivity contribution is 0.101. The number of pyridine rings is 1. The minimum absolute atomic E-state index is 0.00664. The van der Waals surface area contributed by atoms with Crippen LogP contribution >= 0.6 is 0 Å². The number of carbonyl (C=O) groups excluding carboxylic acids is 1. The van der Waals surface area contributed by atoms with E-state index in [1.165, 1.54) is 5.56 Å². The molecule has 0 amide bonds. The van der Waals surface area contributed by atoms with E-state index in [-0.39, 0.29) is 5.78 Å². The zero-order valence-electron chi connectivity index (χ0n) is 13.7. The van der Waals surface area contributed by atoms with Gasteiger partial charge in [0.25, 0.3) is 0 Å². The number of benzene rings is 1. The smallest absolute Gasteiger partial charge is 0.164 e. The van der Waals surface area contributed by atoms with Crippen molar-refractivity contribution in [2.24, 2.45) is 0 Å². The van der Waals surface area contributed by atoms with Gasteiger partial charge in [-0.05, 0) is 43.5 Å². The number of rotatable bonds is 5. The fourth-order valence-electron chi connectivity index (χ4n) is 2.73. The highest BCUT2D eigenvalue weighted by atomic mass is 16.1. The van der Waals surface area contributed by atoms with Gasteiger partial charge >= 0.3 is 0 Å². The summed E-state index contributed by atoms with van der Waals surface area (Å²) in [5, 5.41) is 0. The second-order valence-electron chi connectivity index (χ2n) is 5.62. The normalized spacial score (nSPS) is 11.1. The minimum Gasteiger partial charge on any atom is -0.294 e. The molecule has 0 unspecified atom stereocenters. The van der Waals surface area contributed by atoms with Gasteiger partial charge in [-0.1, -0.05) is 26.0 Å². The van der Waals surface area contributed by atoms with E-state index in [1.807, 2.05) is 6.07 Å². The lowest BCUT2D eigenvalue weighted by Crippen LogP contribution is -2.01. The largest absolute Gasteiger partial charge is 0.294 e. The number of hydrogen-bond donors (Lipinski definition) is 0. The van der Waals surface area contributed by atoms with Gasteiger partial charge in [-0.25, -0.2) is 9.97 Å². The fourth-order valence-corrected chi connectivity index (χ4v) is 2.73. The van der Waals surface area contributed by atoms with Crippen LogP contribution in [0, 0.1) is 6.42 Å². The highest BCUT2D eigenvalue weighted by Crippen LogP contribution is 2.22. The van der Waals surface area contributed by atoms with Crippen LogP contribution in [-0.4, -0.2) is 20.3 Å². The molecular weight excluding hydrogens is 286 g/mol. The third-order valence-electron chi connectivity index (χ3n) is 3.92. The second-order valence-corrected chi connectivity index (χ2v) is 5.62. The Labute approximate surface area is 136 Å². The van der Waals surface area contributed by atoms with Crippen LogP contribution in [0.15, 0.2) is 36.5 Å². The molecule has 0 fully saturated rings. The van der Waals surface area contributed by atoms with Crippen molar-refractivity contribution in [3.63, 3.8) is 0 Å². The highest BCUT2D eigenvalue weighted by Gasteiger charge is 2.14. The van der Waals surface area contributed by atoms with E-state index in [0.29, 0.717) is 5.56 Å². The molecule has 0 aliphatic carbocycles. The molecule has 4 nitrogen and oxygen atoms in total. The molecule has 0 bridgehead atoms. The van der Waals surface area contributed by atoms with E-state index in [4.69, 9.17) is 0 Å². The van der Waals surface area contributed by atoms with Crippen molar-refractivity contribution < 1.29 is 4.79 Å². The van der Waals surface area contributed by atoms with E-state index in [9.17, 15) is 4.79 Å². The van der Waals surface area contributed by atoms with Crippen molar-refractivity contribution in [2.45, 2.75) is 33.6 Å². The molecule has 0 N–H and O–H groups in total. The fraction of sp³-hybridized carbons (Fsp3) is 0.263. The average Bonchev–Trinajstić information content (AvgIpc) is 2.93. The monoisotopic (exact) mass is 306 g/mol. The van der Waals surface area contributed by atoms with Gasteiger partial charge in [0.05, 0.1) is 0 Å². The van der Waals surface area contributed by atoms with Crippen LogP contribution in [0.3, 0.4) is 0 Å². The number of carbonyl (C=O) groups is 1. The van der Waals surface area contributed by atoms with Crippen molar-refractivity contribution >= 4 is 16.9 Å². The van der Waals surface area contributed by atoms with Crippen LogP contribution in [0.25, 0.3) is 16.9 Å². The number of nitrogens with zero attached hydrogens (tertiary/aromatic N) is 3.